The van der Waals surface area contributed by atoms with Gasteiger partial charge in [-0.15, -0.1) is 12.4 Å². The van der Waals surface area contributed by atoms with Gasteiger partial charge in [-0.1, -0.05) is 28.8 Å². The molecular weight excluding hydrogens is 438 g/mol. The van der Waals surface area contributed by atoms with Crippen LogP contribution in [0.4, 0.5) is 0 Å². The van der Waals surface area contributed by atoms with Crippen molar-refractivity contribution in [2.45, 2.75) is 44.6 Å². The zero-order valence-electron chi connectivity index (χ0n) is 16.4. The normalized spacial score (nSPS) is 13.2. The maximum absolute atomic E-state index is 12.5. The average Bonchev–Trinajstić information content (AvgIpc) is 3.53. The molecule has 0 heterocycles. The second-order valence-electron chi connectivity index (χ2n) is 7.33. The van der Waals surface area contributed by atoms with Gasteiger partial charge < -0.3 is 9.64 Å². The van der Waals surface area contributed by atoms with Gasteiger partial charge in [-0.05, 0) is 87.8 Å². The van der Waals surface area contributed by atoms with E-state index in [0.717, 1.165) is 29.3 Å². The first-order valence-electron chi connectivity index (χ1n) is 9.87. The third kappa shape index (κ3) is 7.23. The van der Waals surface area contributed by atoms with Crippen molar-refractivity contribution in [3.05, 3.63) is 64.1 Å². The molecular formula is C23H29BrClNO2. The van der Waals surface area contributed by atoms with E-state index in [1.807, 2.05) is 48.5 Å². The van der Waals surface area contributed by atoms with Gasteiger partial charge in [0.1, 0.15) is 5.75 Å². The number of carbonyl (C=O) groups is 1. The molecule has 0 aromatic heterocycles. The number of hydrogen-bond acceptors (Lipinski definition) is 3. The van der Waals surface area contributed by atoms with Crippen molar-refractivity contribution >= 4 is 34.1 Å². The Kier molecular flexibility index (Phi) is 9.49. The van der Waals surface area contributed by atoms with Gasteiger partial charge >= 0.3 is 0 Å². The quantitative estimate of drug-likeness (QED) is 0.294. The van der Waals surface area contributed by atoms with Crippen molar-refractivity contribution in [2.24, 2.45) is 0 Å². The molecule has 28 heavy (non-hydrogen) atoms. The van der Waals surface area contributed by atoms with E-state index in [1.54, 1.807) is 0 Å². The summed E-state index contributed by atoms with van der Waals surface area (Å²) in [5, 5.41) is 0. The number of rotatable bonds is 11. The number of benzene rings is 2. The van der Waals surface area contributed by atoms with Crippen LogP contribution in [-0.2, 0) is 0 Å². The average molecular weight is 467 g/mol. The number of carbonyl (C=O) groups excluding carboxylic acids is 1. The number of ketones is 1. The summed E-state index contributed by atoms with van der Waals surface area (Å²) in [6.45, 7) is 1.96. The highest BCUT2D eigenvalue weighted by molar-refractivity contribution is 9.10. The van der Waals surface area contributed by atoms with Crippen LogP contribution < -0.4 is 4.74 Å². The van der Waals surface area contributed by atoms with Gasteiger partial charge in [0.2, 0.25) is 0 Å². The van der Waals surface area contributed by atoms with Gasteiger partial charge in [0, 0.05) is 21.6 Å². The van der Waals surface area contributed by atoms with Gasteiger partial charge in [-0.25, -0.2) is 0 Å². The molecule has 1 fully saturated rings. The van der Waals surface area contributed by atoms with E-state index >= 15 is 0 Å². The Balaban J connectivity index is 0.00000280. The minimum atomic E-state index is 0. The van der Waals surface area contributed by atoms with E-state index in [1.165, 1.54) is 38.6 Å². The van der Waals surface area contributed by atoms with Gasteiger partial charge in [-0.2, -0.15) is 0 Å². The fraction of sp³-hybridized carbons (Fsp3) is 0.435. The molecule has 1 saturated carbocycles. The summed E-state index contributed by atoms with van der Waals surface area (Å²) in [6, 6.07) is 15.8. The molecule has 0 unspecified atom stereocenters. The molecule has 5 heteroatoms. The molecule has 152 valence electrons. The topological polar surface area (TPSA) is 29.5 Å². The third-order valence-electron chi connectivity index (χ3n) is 5.07. The van der Waals surface area contributed by atoms with Crippen LogP contribution in [0.3, 0.4) is 0 Å². The van der Waals surface area contributed by atoms with Crippen LogP contribution in [0.15, 0.2) is 53.0 Å². The van der Waals surface area contributed by atoms with E-state index in [4.69, 9.17) is 4.74 Å². The summed E-state index contributed by atoms with van der Waals surface area (Å²) in [4.78, 5) is 15.0. The maximum Gasteiger partial charge on any atom is 0.193 e. The summed E-state index contributed by atoms with van der Waals surface area (Å²) < 4.78 is 6.78. The minimum Gasteiger partial charge on any atom is -0.494 e. The van der Waals surface area contributed by atoms with Crippen molar-refractivity contribution in [3.63, 3.8) is 0 Å². The van der Waals surface area contributed by atoms with Gasteiger partial charge in [0.05, 0.1) is 6.61 Å². The van der Waals surface area contributed by atoms with Gasteiger partial charge in [0.15, 0.2) is 5.78 Å². The molecule has 0 spiro atoms. The monoisotopic (exact) mass is 465 g/mol. The van der Waals surface area contributed by atoms with E-state index in [0.29, 0.717) is 11.1 Å². The third-order valence-corrected chi connectivity index (χ3v) is 5.60. The molecule has 3 rings (SSSR count). The molecule has 0 atom stereocenters. The van der Waals surface area contributed by atoms with Crippen LogP contribution in [0.1, 0.15) is 54.4 Å². The zero-order chi connectivity index (χ0) is 19.1. The highest BCUT2D eigenvalue weighted by Crippen LogP contribution is 2.25. The predicted molar refractivity (Wildman–Crippen MR) is 121 cm³/mol. The first kappa shape index (κ1) is 22.9. The molecule has 1 aliphatic rings. The SMILES string of the molecule is CN(CCCCCCOc1ccc(C(=O)c2ccc(Br)cc2)cc1)C1CC1.Cl. The summed E-state index contributed by atoms with van der Waals surface area (Å²) in [5.74, 6) is 0.862. The minimum absolute atomic E-state index is 0. The van der Waals surface area contributed by atoms with Crippen LogP contribution in [0.2, 0.25) is 0 Å². The molecule has 0 aliphatic heterocycles. The molecule has 0 N–H and O–H groups in total. The number of nitrogens with zero attached hydrogens (tertiary/aromatic N) is 1. The summed E-state index contributed by atoms with van der Waals surface area (Å²) in [5.41, 5.74) is 1.38. The second kappa shape index (κ2) is 11.6. The van der Waals surface area contributed by atoms with Crippen LogP contribution >= 0.6 is 28.3 Å². The molecule has 1 aliphatic carbocycles. The Labute approximate surface area is 183 Å². The van der Waals surface area contributed by atoms with Gasteiger partial charge in [0.25, 0.3) is 0 Å². The smallest absolute Gasteiger partial charge is 0.193 e. The number of ether oxygens (including phenoxy) is 1. The molecule has 0 amide bonds. The lowest BCUT2D eigenvalue weighted by molar-refractivity contribution is 0.103. The molecule has 0 bridgehead atoms. The van der Waals surface area contributed by atoms with E-state index in [-0.39, 0.29) is 18.2 Å². The predicted octanol–water partition coefficient (Wildman–Crippen LogP) is 6.14. The maximum atomic E-state index is 12.5. The van der Waals surface area contributed by atoms with Crippen molar-refractivity contribution in [2.75, 3.05) is 20.2 Å². The highest BCUT2D eigenvalue weighted by Gasteiger charge is 2.25. The van der Waals surface area contributed by atoms with Crippen LogP contribution in [0.5, 0.6) is 5.75 Å². The van der Waals surface area contributed by atoms with E-state index in [2.05, 4.69) is 27.9 Å². The summed E-state index contributed by atoms with van der Waals surface area (Å²) >= 11 is 3.39. The Morgan fingerprint density at radius 2 is 1.54 bits per heavy atom. The van der Waals surface area contributed by atoms with Crippen molar-refractivity contribution in [1.82, 2.24) is 4.90 Å². The Morgan fingerprint density at radius 3 is 2.14 bits per heavy atom. The Hall–Kier alpha value is -1.36. The number of hydrogen-bond donors (Lipinski definition) is 0. The highest BCUT2D eigenvalue weighted by atomic mass is 79.9. The number of halogens is 2. The molecule has 3 nitrogen and oxygen atoms in total. The standard InChI is InChI=1S/C23H28BrNO2.ClH/c1-25(21-12-13-21)16-4-2-3-5-17-27-22-14-8-19(9-15-22)23(26)18-6-10-20(24)11-7-18;/h6-11,14-15,21H,2-5,12-13,16-17H2,1H3;1H. The summed E-state index contributed by atoms with van der Waals surface area (Å²) in [7, 11) is 2.24. The van der Waals surface area contributed by atoms with Crippen LogP contribution in [0.25, 0.3) is 0 Å². The van der Waals surface area contributed by atoms with E-state index < -0.39 is 0 Å². The Bertz CT molecular complexity index is 729. The molecule has 2 aromatic carbocycles. The van der Waals surface area contributed by atoms with Crippen molar-refractivity contribution in [1.29, 1.82) is 0 Å². The molecule has 2 aromatic rings. The first-order valence-corrected chi connectivity index (χ1v) is 10.7. The van der Waals surface area contributed by atoms with Crippen LogP contribution in [0, 0.1) is 0 Å². The fourth-order valence-corrected chi connectivity index (χ4v) is 3.44. The zero-order valence-corrected chi connectivity index (χ0v) is 18.8. The Morgan fingerprint density at radius 1 is 0.964 bits per heavy atom. The van der Waals surface area contributed by atoms with Gasteiger partial charge in [-0.3, -0.25) is 4.79 Å². The molecule has 0 saturated heterocycles. The lowest BCUT2D eigenvalue weighted by atomic mass is 10.0. The molecule has 0 radical (unpaired) electrons. The first-order chi connectivity index (χ1) is 13.1. The van der Waals surface area contributed by atoms with Crippen LogP contribution in [-0.4, -0.2) is 36.9 Å². The second-order valence-corrected chi connectivity index (χ2v) is 8.25. The van der Waals surface area contributed by atoms with E-state index in [9.17, 15) is 4.79 Å². The lowest BCUT2D eigenvalue weighted by Gasteiger charge is -2.14. The summed E-state index contributed by atoms with van der Waals surface area (Å²) in [6.07, 6.45) is 7.60. The lowest BCUT2D eigenvalue weighted by Crippen LogP contribution is -2.21. The fourth-order valence-electron chi connectivity index (χ4n) is 3.18. The van der Waals surface area contributed by atoms with Crippen molar-refractivity contribution in [3.8, 4) is 5.75 Å². The number of unbranched alkanes of at least 4 members (excludes halogenated alkanes) is 3. The largest absolute Gasteiger partial charge is 0.494 e. The van der Waals surface area contributed by atoms with Crippen molar-refractivity contribution < 1.29 is 9.53 Å².